The number of aryl methyl sites for hydroxylation is 1. The SMILES string of the molecule is CCCOc1cc(CC)c(O)c(CC)c1C. The van der Waals surface area contributed by atoms with E-state index in [1.807, 2.05) is 19.9 Å². The molecule has 1 N–H and O–H groups in total. The van der Waals surface area contributed by atoms with Gasteiger partial charge >= 0.3 is 0 Å². The van der Waals surface area contributed by atoms with Crippen molar-refractivity contribution in [2.45, 2.75) is 47.0 Å². The second-order valence-corrected chi connectivity index (χ2v) is 4.04. The third-order valence-corrected chi connectivity index (χ3v) is 2.91. The maximum absolute atomic E-state index is 10.1. The third kappa shape index (κ3) is 2.49. The Morgan fingerprint density at radius 3 is 2.38 bits per heavy atom. The van der Waals surface area contributed by atoms with Crippen molar-refractivity contribution in [2.75, 3.05) is 6.61 Å². The van der Waals surface area contributed by atoms with Crippen molar-refractivity contribution in [3.8, 4) is 11.5 Å². The van der Waals surface area contributed by atoms with E-state index in [0.29, 0.717) is 5.75 Å². The first kappa shape index (κ1) is 12.9. The molecule has 1 aromatic rings. The Hall–Kier alpha value is -1.18. The number of hydrogen-bond acceptors (Lipinski definition) is 2. The monoisotopic (exact) mass is 222 g/mol. The number of ether oxygens (including phenoxy) is 1. The van der Waals surface area contributed by atoms with E-state index in [1.54, 1.807) is 0 Å². The molecule has 1 rings (SSSR count). The van der Waals surface area contributed by atoms with Gasteiger partial charge in [-0.2, -0.15) is 0 Å². The van der Waals surface area contributed by atoms with E-state index < -0.39 is 0 Å². The van der Waals surface area contributed by atoms with Crippen LogP contribution in [0.25, 0.3) is 0 Å². The van der Waals surface area contributed by atoms with Crippen molar-refractivity contribution in [1.29, 1.82) is 0 Å². The van der Waals surface area contributed by atoms with Crippen molar-refractivity contribution < 1.29 is 9.84 Å². The molecule has 90 valence electrons. The van der Waals surface area contributed by atoms with Crippen LogP contribution in [-0.2, 0) is 12.8 Å². The number of hydrogen-bond donors (Lipinski definition) is 1. The van der Waals surface area contributed by atoms with E-state index >= 15 is 0 Å². The van der Waals surface area contributed by atoms with Gasteiger partial charge in [-0.15, -0.1) is 0 Å². The molecule has 0 aliphatic carbocycles. The molecule has 1 aromatic carbocycles. The molecule has 0 aliphatic rings. The lowest BCUT2D eigenvalue weighted by Gasteiger charge is -2.16. The van der Waals surface area contributed by atoms with Gasteiger partial charge in [0.2, 0.25) is 0 Å². The molecule has 0 radical (unpaired) electrons. The molecule has 0 bridgehead atoms. The summed E-state index contributed by atoms with van der Waals surface area (Å²) in [6.07, 6.45) is 2.68. The highest BCUT2D eigenvalue weighted by atomic mass is 16.5. The van der Waals surface area contributed by atoms with Gasteiger partial charge in [0.05, 0.1) is 6.61 Å². The molecule has 16 heavy (non-hydrogen) atoms. The van der Waals surface area contributed by atoms with Gasteiger partial charge in [-0.1, -0.05) is 20.8 Å². The summed E-state index contributed by atoms with van der Waals surface area (Å²) in [7, 11) is 0. The summed E-state index contributed by atoms with van der Waals surface area (Å²) in [4.78, 5) is 0. The van der Waals surface area contributed by atoms with Crippen LogP contribution in [0.5, 0.6) is 11.5 Å². The highest BCUT2D eigenvalue weighted by Gasteiger charge is 2.13. The summed E-state index contributed by atoms with van der Waals surface area (Å²) in [5.74, 6) is 1.37. The number of benzene rings is 1. The lowest BCUT2D eigenvalue weighted by molar-refractivity contribution is 0.313. The second-order valence-electron chi connectivity index (χ2n) is 4.04. The van der Waals surface area contributed by atoms with Gasteiger partial charge in [0.25, 0.3) is 0 Å². The van der Waals surface area contributed by atoms with Crippen LogP contribution >= 0.6 is 0 Å². The highest BCUT2D eigenvalue weighted by Crippen LogP contribution is 2.33. The molecular weight excluding hydrogens is 200 g/mol. The summed E-state index contributed by atoms with van der Waals surface area (Å²) in [6.45, 7) is 8.96. The fraction of sp³-hybridized carbons (Fsp3) is 0.571. The molecule has 2 heteroatoms. The first-order valence-electron chi connectivity index (χ1n) is 6.12. The van der Waals surface area contributed by atoms with Crippen LogP contribution in [0.15, 0.2) is 6.07 Å². The van der Waals surface area contributed by atoms with Crippen LogP contribution in [0.3, 0.4) is 0 Å². The zero-order valence-corrected chi connectivity index (χ0v) is 10.8. The van der Waals surface area contributed by atoms with Crippen molar-refractivity contribution in [2.24, 2.45) is 0 Å². The smallest absolute Gasteiger partial charge is 0.123 e. The first-order valence-corrected chi connectivity index (χ1v) is 6.12. The molecule has 0 saturated heterocycles. The van der Waals surface area contributed by atoms with Gasteiger partial charge in [0, 0.05) is 5.56 Å². The van der Waals surface area contributed by atoms with E-state index in [1.165, 1.54) is 0 Å². The molecule has 0 fully saturated rings. The number of aromatic hydroxyl groups is 1. The van der Waals surface area contributed by atoms with Crippen molar-refractivity contribution >= 4 is 0 Å². The van der Waals surface area contributed by atoms with Crippen LogP contribution in [0.1, 0.15) is 43.9 Å². The molecule has 0 amide bonds. The first-order chi connectivity index (χ1) is 7.65. The highest BCUT2D eigenvalue weighted by molar-refractivity contribution is 5.52. The van der Waals surface area contributed by atoms with Crippen molar-refractivity contribution in [3.63, 3.8) is 0 Å². The van der Waals surface area contributed by atoms with Gasteiger partial charge in [-0.05, 0) is 43.4 Å². The van der Waals surface area contributed by atoms with Gasteiger partial charge in [0.15, 0.2) is 0 Å². The zero-order chi connectivity index (χ0) is 12.1. The molecule has 0 aromatic heterocycles. The Kier molecular flexibility index (Phi) is 4.66. The van der Waals surface area contributed by atoms with Crippen LogP contribution < -0.4 is 4.74 Å². The molecular formula is C14H22O2. The summed E-state index contributed by atoms with van der Waals surface area (Å²) < 4.78 is 5.71. The normalized spacial score (nSPS) is 10.5. The predicted molar refractivity (Wildman–Crippen MR) is 67.4 cm³/mol. The fourth-order valence-electron chi connectivity index (χ4n) is 1.92. The van der Waals surface area contributed by atoms with Crippen LogP contribution in [0.4, 0.5) is 0 Å². The van der Waals surface area contributed by atoms with Crippen molar-refractivity contribution in [3.05, 3.63) is 22.8 Å². The topological polar surface area (TPSA) is 29.5 Å². The minimum atomic E-state index is 0.450. The Morgan fingerprint density at radius 2 is 1.88 bits per heavy atom. The summed E-state index contributed by atoms with van der Waals surface area (Å²) in [5.41, 5.74) is 3.07. The van der Waals surface area contributed by atoms with Gasteiger partial charge < -0.3 is 9.84 Å². The summed E-state index contributed by atoms with van der Waals surface area (Å²) >= 11 is 0. The molecule has 0 saturated carbocycles. The quantitative estimate of drug-likeness (QED) is 0.824. The average molecular weight is 222 g/mol. The fourth-order valence-corrected chi connectivity index (χ4v) is 1.92. The minimum Gasteiger partial charge on any atom is -0.507 e. The van der Waals surface area contributed by atoms with E-state index in [0.717, 1.165) is 48.3 Å². The maximum Gasteiger partial charge on any atom is 0.123 e. The van der Waals surface area contributed by atoms with Gasteiger partial charge in [-0.3, -0.25) is 0 Å². The largest absolute Gasteiger partial charge is 0.507 e. The Morgan fingerprint density at radius 1 is 1.19 bits per heavy atom. The predicted octanol–water partition coefficient (Wildman–Crippen LogP) is 3.61. The van der Waals surface area contributed by atoms with E-state index in [4.69, 9.17) is 4.74 Å². The standard InChI is InChI=1S/C14H22O2/c1-5-8-16-13-9-11(6-2)14(15)12(7-3)10(13)4/h9,15H,5-8H2,1-4H3. The Labute approximate surface area is 98.3 Å². The molecule has 2 nitrogen and oxygen atoms in total. The Balaban J connectivity index is 3.18. The van der Waals surface area contributed by atoms with E-state index in [-0.39, 0.29) is 0 Å². The lowest BCUT2D eigenvalue weighted by atomic mass is 9.98. The lowest BCUT2D eigenvalue weighted by Crippen LogP contribution is -2.01. The average Bonchev–Trinajstić information content (AvgIpc) is 2.29. The summed E-state index contributed by atoms with van der Waals surface area (Å²) in [6, 6.07) is 1.97. The maximum atomic E-state index is 10.1. The molecule has 0 atom stereocenters. The van der Waals surface area contributed by atoms with Gasteiger partial charge in [0.1, 0.15) is 11.5 Å². The van der Waals surface area contributed by atoms with Crippen LogP contribution in [0.2, 0.25) is 0 Å². The number of rotatable bonds is 5. The van der Waals surface area contributed by atoms with E-state index in [9.17, 15) is 5.11 Å². The zero-order valence-electron chi connectivity index (χ0n) is 10.8. The van der Waals surface area contributed by atoms with Crippen LogP contribution in [0, 0.1) is 6.92 Å². The number of phenols is 1. The Bertz CT molecular complexity index is 356. The van der Waals surface area contributed by atoms with E-state index in [2.05, 4.69) is 13.8 Å². The third-order valence-electron chi connectivity index (χ3n) is 2.91. The second kappa shape index (κ2) is 5.78. The number of phenolic OH excluding ortho intramolecular Hbond substituents is 1. The molecule has 0 aliphatic heterocycles. The molecule has 0 spiro atoms. The van der Waals surface area contributed by atoms with Crippen LogP contribution in [-0.4, -0.2) is 11.7 Å². The summed E-state index contributed by atoms with van der Waals surface area (Å²) in [5, 5.41) is 10.1. The molecule has 0 unspecified atom stereocenters. The molecule has 0 heterocycles. The van der Waals surface area contributed by atoms with Gasteiger partial charge in [-0.25, -0.2) is 0 Å². The minimum absolute atomic E-state index is 0.450. The van der Waals surface area contributed by atoms with Crippen molar-refractivity contribution in [1.82, 2.24) is 0 Å².